The van der Waals surface area contributed by atoms with Crippen LogP contribution in [0.2, 0.25) is 0 Å². The maximum atomic E-state index is 6.51. The molecule has 0 saturated heterocycles. The number of nitrogens with zero attached hydrogens (tertiary/aromatic N) is 1. The van der Waals surface area contributed by atoms with E-state index >= 15 is 0 Å². The van der Waals surface area contributed by atoms with Gasteiger partial charge in [-0.2, -0.15) is 0 Å². The van der Waals surface area contributed by atoms with Crippen molar-refractivity contribution in [1.82, 2.24) is 4.98 Å². The molecule has 0 amide bonds. The van der Waals surface area contributed by atoms with Crippen LogP contribution in [0, 0.1) is 0 Å². The van der Waals surface area contributed by atoms with E-state index in [9.17, 15) is 0 Å². The average Bonchev–Trinajstić information content (AvgIpc) is 2.48. The van der Waals surface area contributed by atoms with E-state index < -0.39 is 0 Å². The summed E-state index contributed by atoms with van der Waals surface area (Å²) in [6, 6.07) is 18.7. The largest absolute Gasteiger partial charge is 0.265 e. The van der Waals surface area contributed by atoms with Crippen LogP contribution in [0.3, 0.4) is 0 Å². The second kappa shape index (κ2) is 5.41. The molecule has 0 N–H and O–H groups in total. The highest BCUT2D eigenvalue weighted by atomic mass is 35.5. The SMILES string of the molecule is ClC(Cc1cccc2ccccc12)c1ccncc1. The van der Waals surface area contributed by atoms with Crippen LogP contribution in [0.4, 0.5) is 0 Å². The second-order valence-corrected chi connectivity index (χ2v) is 5.12. The van der Waals surface area contributed by atoms with Crippen LogP contribution in [0.15, 0.2) is 67.0 Å². The number of fused-ring (bicyclic) bond motifs is 1. The first kappa shape index (κ1) is 12.2. The molecule has 0 radical (unpaired) electrons. The van der Waals surface area contributed by atoms with Gasteiger partial charge in [-0.25, -0.2) is 0 Å². The summed E-state index contributed by atoms with van der Waals surface area (Å²) in [4.78, 5) is 4.03. The molecule has 94 valence electrons. The number of rotatable bonds is 3. The average molecular weight is 268 g/mol. The molecule has 0 spiro atoms. The van der Waals surface area contributed by atoms with Gasteiger partial charge in [-0.1, -0.05) is 42.5 Å². The van der Waals surface area contributed by atoms with Crippen molar-refractivity contribution in [2.45, 2.75) is 11.8 Å². The number of halogens is 1. The highest BCUT2D eigenvalue weighted by molar-refractivity contribution is 6.21. The number of pyridine rings is 1. The Morgan fingerprint density at radius 2 is 1.63 bits per heavy atom. The molecule has 2 heteroatoms. The Labute approximate surface area is 117 Å². The quantitative estimate of drug-likeness (QED) is 0.624. The van der Waals surface area contributed by atoms with Gasteiger partial charge in [0, 0.05) is 12.4 Å². The Bertz CT molecular complexity index is 674. The summed E-state index contributed by atoms with van der Waals surface area (Å²) in [7, 11) is 0. The highest BCUT2D eigenvalue weighted by Gasteiger charge is 2.10. The Kier molecular flexibility index (Phi) is 3.47. The third-order valence-corrected chi connectivity index (χ3v) is 3.75. The van der Waals surface area contributed by atoms with E-state index in [1.54, 1.807) is 12.4 Å². The van der Waals surface area contributed by atoms with Crippen molar-refractivity contribution >= 4 is 22.4 Å². The maximum Gasteiger partial charge on any atom is 0.0626 e. The topological polar surface area (TPSA) is 12.9 Å². The predicted octanol–water partition coefficient (Wildman–Crippen LogP) is 4.76. The second-order valence-electron chi connectivity index (χ2n) is 4.59. The summed E-state index contributed by atoms with van der Waals surface area (Å²) in [5.41, 5.74) is 2.40. The van der Waals surface area contributed by atoms with Crippen LogP contribution >= 0.6 is 11.6 Å². The molecule has 1 atom stereocenters. The zero-order valence-electron chi connectivity index (χ0n) is 10.5. The van der Waals surface area contributed by atoms with Crippen LogP contribution in [0.5, 0.6) is 0 Å². The lowest BCUT2D eigenvalue weighted by molar-refractivity contribution is 0.923. The fourth-order valence-electron chi connectivity index (χ4n) is 2.35. The number of alkyl halides is 1. The van der Waals surface area contributed by atoms with Crippen molar-refractivity contribution in [3.63, 3.8) is 0 Å². The fourth-order valence-corrected chi connectivity index (χ4v) is 2.67. The van der Waals surface area contributed by atoms with Crippen LogP contribution < -0.4 is 0 Å². The summed E-state index contributed by atoms with van der Waals surface area (Å²) >= 11 is 6.51. The number of aromatic nitrogens is 1. The molecule has 1 heterocycles. The molecule has 0 saturated carbocycles. The van der Waals surface area contributed by atoms with Crippen LogP contribution in [0.1, 0.15) is 16.5 Å². The van der Waals surface area contributed by atoms with E-state index in [0.29, 0.717) is 0 Å². The predicted molar refractivity (Wildman–Crippen MR) is 80.5 cm³/mol. The van der Waals surface area contributed by atoms with Gasteiger partial charge < -0.3 is 0 Å². The monoisotopic (exact) mass is 267 g/mol. The molecule has 1 unspecified atom stereocenters. The van der Waals surface area contributed by atoms with Crippen molar-refractivity contribution < 1.29 is 0 Å². The molecular formula is C17H14ClN. The van der Waals surface area contributed by atoms with Crippen LogP contribution in [-0.4, -0.2) is 4.98 Å². The van der Waals surface area contributed by atoms with Gasteiger partial charge in [-0.05, 0) is 40.5 Å². The number of hydrogen-bond acceptors (Lipinski definition) is 1. The third-order valence-electron chi connectivity index (χ3n) is 3.35. The molecule has 2 aromatic carbocycles. The van der Waals surface area contributed by atoms with E-state index in [4.69, 9.17) is 11.6 Å². The molecule has 0 aliphatic heterocycles. The minimum Gasteiger partial charge on any atom is -0.265 e. The summed E-state index contributed by atoms with van der Waals surface area (Å²) in [5.74, 6) is 0. The van der Waals surface area contributed by atoms with Gasteiger partial charge in [0.15, 0.2) is 0 Å². The van der Waals surface area contributed by atoms with Gasteiger partial charge in [0.05, 0.1) is 5.38 Å². The van der Waals surface area contributed by atoms with E-state index in [2.05, 4.69) is 47.4 Å². The zero-order chi connectivity index (χ0) is 13.1. The van der Waals surface area contributed by atoms with Gasteiger partial charge >= 0.3 is 0 Å². The van der Waals surface area contributed by atoms with Crippen LogP contribution in [-0.2, 0) is 6.42 Å². The number of benzene rings is 2. The van der Waals surface area contributed by atoms with Crippen LogP contribution in [0.25, 0.3) is 10.8 Å². The lowest BCUT2D eigenvalue weighted by Gasteiger charge is -2.12. The van der Waals surface area contributed by atoms with Crippen molar-refractivity contribution in [2.24, 2.45) is 0 Å². The van der Waals surface area contributed by atoms with Crippen molar-refractivity contribution in [1.29, 1.82) is 0 Å². The Balaban J connectivity index is 1.94. The lowest BCUT2D eigenvalue weighted by Crippen LogP contribution is -1.96. The molecular weight excluding hydrogens is 254 g/mol. The van der Waals surface area contributed by atoms with Crippen molar-refractivity contribution in [3.8, 4) is 0 Å². The normalized spacial score (nSPS) is 12.5. The standard InChI is InChI=1S/C17H14ClN/c18-17(14-8-10-19-11-9-14)12-15-6-3-5-13-4-1-2-7-16(13)15/h1-11,17H,12H2. The number of hydrogen-bond donors (Lipinski definition) is 0. The Morgan fingerprint density at radius 3 is 2.47 bits per heavy atom. The van der Waals surface area contributed by atoms with E-state index in [1.807, 2.05) is 12.1 Å². The smallest absolute Gasteiger partial charge is 0.0626 e. The third kappa shape index (κ3) is 2.61. The first-order valence-electron chi connectivity index (χ1n) is 6.35. The van der Waals surface area contributed by atoms with Gasteiger partial charge in [-0.15, -0.1) is 11.6 Å². The zero-order valence-corrected chi connectivity index (χ0v) is 11.2. The first-order chi connectivity index (χ1) is 9.34. The minimum atomic E-state index is -0.0196. The molecule has 3 rings (SSSR count). The first-order valence-corrected chi connectivity index (χ1v) is 6.79. The maximum absolute atomic E-state index is 6.51. The lowest BCUT2D eigenvalue weighted by atomic mass is 9.99. The van der Waals surface area contributed by atoms with E-state index in [0.717, 1.165) is 12.0 Å². The van der Waals surface area contributed by atoms with E-state index in [1.165, 1.54) is 16.3 Å². The summed E-state index contributed by atoms with van der Waals surface area (Å²) in [5, 5.41) is 2.53. The van der Waals surface area contributed by atoms with Gasteiger partial charge in [0.1, 0.15) is 0 Å². The summed E-state index contributed by atoms with van der Waals surface area (Å²) in [6.07, 6.45) is 4.40. The Morgan fingerprint density at radius 1 is 0.895 bits per heavy atom. The fraction of sp³-hybridized carbons (Fsp3) is 0.118. The van der Waals surface area contributed by atoms with Crippen molar-refractivity contribution in [3.05, 3.63) is 78.1 Å². The Hall–Kier alpha value is -1.86. The van der Waals surface area contributed by atoms with Crippen molar-refractivity contribution in [2.75, 3.05) is 0 Å². The molecule has 3 aromatic rings. The van der Waals surface area contributed by atoms with Gasteiger partial charge in [0.25, 0.3) is 0 Å². The van der Waals surface area contributed by atoms with Gasteiger partial charge in [0.2, 0.25) is 0 Å². The molecule has 19 heavy (non-hydrogen) atoms. The minimum absolute atomic E-state index is 0.0196. The van der Waals surface area contributed by atoms with Gasteiger partial charge in [-0.3, -0.25) is 4.98 Å². The molecule has 0 aliphatic carbocycles. The molecule has 1 nitrogen and oxygen atoms in total. The molecule has 0 aliphatic rings. The molecule has 0 bridgehead atoms. The molecule has 0 fully saturated rings. The molecule has 1 aromatic heterocycles. The van der Waals surface area contributed by atoms with E-state index in [-0.39, 0.29) is 5.38 Å². The summed E-state index contributed by atoms with van der Waals surface area (Å²) < 4.78 is 0. The summed E-state index contributed by atoms with van der Waals surface area (Å²) in [6.45, 7) is 0. The highest BCUT2D eigenvalue weighted by Crippen LogP contribution is 2.28.